The van der Waals surface area contributed by atoms with Crippen LogP contribution >= 0.6 is 22.9 Å². The number of aromatic nitrogens is 2. The zero-order valence-electron chi connectivity index (χ0n) is 16.8. The lowest BCUT2D eigenvalue weighted by Crippen LogP contribution is -2.36. The molecule has 2 N–H and O–H groups in total. The van der Waals surface area contributed by atoms with Crippen molar-refractivity contribution in [3.63, 3.8) is 0 Å². The molecule has 0 saturated carbocycles. The maximum atomic E-state index is 13.0. The number of carbonyl (C=O) groups excluding carboxylic acids is 1. The molecule has 3 heterocycles. The highest BCUT2D eigenvalue weighted by Gasteiger charge is 2.23. The summed E-state index contributed by atoms with van der Waals surface area (Å²) in [4.78, 5) is 22.4. The molecule has 0 amide bonds. The Morgan fingerprint density at radius 2 is 1.97 bits per heavy atom. The van der Waals surface area contributed by atoms with Crippen molar-refractivity contribution >= 4 is 45.3 Å². The average molecular weight is 454 g/mol. The fourth-order valence-electron chi connectivity index (χ4n) is 3.92. The second-order valence-electron chi connectivity index (χ2n) is 7.45. The van der Waals surface area contributed by atoms with Gasteiger partial charge in [0.1, 0.15) is 5.69 Å². The number of halogens is 1. The highest BCUT2D eigenvalue weighted by molar-refractivity contribution is 7.09. The van der Waals surface area contributed by atoms with Gasteiger partial charge in [-0.1, -0.05) is 23.7 Å². The first-order valence-electron chi connectivity index (χ1n) is 9.95. The number of morpholine rings is 1. The number of anilines is 1. The zero-order valence-corrected chi connectivity index (χ0v) is 18.4. The van der Waals surface area contributed by atoms with Crippen LogP contribution in [-0.2, 0) is 4.74 Å². The van der Waals surface area contributed by atoms with Crippen LogP contribution in [0.2, 0.25) is 5.02 Å². The highest BCUT2D eigenvalue weighted by atomic mass is 35.5. The Morgan fingerprint density at radius 1 is 1.23 bits per heavy atom. The van der Waals surface area contributed by atoms with E-state index in [1.54, 1.807) is 11.4 Å². The fraction of sp³-hybridized carbons (Fsp3) is 0.217. The number of ketones is 1. The molecule has 0 spiro atoms. The second kappa shape index (κ2) is 8.00. The molecule has 31 heavy (non-hydrogen) atoms. The van der Waals surface area contributed by atoms with Crippen LogP contribution in [0.3, 0.4) is 0 Å². The average Bonchev–Trinajstić information content (AvgIpc) is 3.35. The predicted octanol–water partition coefficient (Wildman–Crippen LogP) is 5.03. The van der Waals surface area contributed by atoms with Gasteiger partial charge in [-0.25, -0.2) is 4.98 Å². The Morgan fingerprint density at radius 3 is 2.65 bits per heavy atom. The summed E-state index contributed by atoms with van der Waals surface area (Å²) in [7, 11) is 0. The van der Waals surface area contributed by atoms with Gasteiger partial charge in [-0.2, -0.15) is 0 Å². The van der Waals surface area contributed by atoms with Crippen molar-refractivity contribution in [1.29, 1.82) is 0 Å². The van der Waals surface area contributed by atoms with Crippen molar-refractivity contribution in [2.75, 3.05) is 31.2 Å². The van der Waals surface area contributed by atoms with E-state index in [4.69, 9.17) is 16.3 Å². The number of nitrogens with one attached hydrogen (secondary N) is 1. The van der Waals surface area contributed by atoms with Gasteiger partial charge in [0, 0.05) is 35.1 Å². The van der Waals surface area contributed by atoms with E-state index >= 15 is 0 Å². The Balaban J connectivity index is 1.55. The first-order valence-corrected chi connectivity index (χ1v) is 11.2. The topological polar surface area (TPSA) is 78.4 Å². The van der Waals surface area contributed by atoms with Crippen molar-refractivity contribution in [3.8, 4) is 17.0 Å². The maximum absolute atomic E-state index is 13.0. The van der Waals surface area contributed by atoms with Crippen LogP contribution in [0.25, 0.3) is 22.0 Å². The van der Waals surface area contributed by atoms with Crippen LogP contribution in [0.4, 0.5) is 5.69 Å². The summed E-state index contributed by atoms with van der Waals surface area (Å²) in [5.74, 6) is -0.495. The quantitative estimate of drug-likeness (QED) is 0.424. The second-order valence-corrected chi connectivity index (χ2v) is 8.92. The molecule has 0 unspecified atom stereocenters. The number of hydrogen-bond acceptors (Lipinski definition) is 6. The summed E-state index contributed by atoms with van der Waals surface area (Å²) < 4.78 is 5.42. The lowest BCUT2D eigenvalue weighted by Gasteiger charge is -2.29. The molecular weight excluding hydrogens is 434 g/mol. The molecule has 4 aromatic rings. The monoisotopic (exact) mass is 453 g/mol. The number of carbonyl (C=O) groups is 1. The van der Waals surface area contributed by atoms with Crippen molar-refractivity contribution < 1.29 is 14.6 Å². The fourth-order valence-corrected chi connectivity index (χ4v) is 4.79. The highest BCUT2D eigenvalue weighted by Crippen LogP contribution is 2.37. The zero-order chi connectivity index (χ0) is 21.5. The summed E-state index contributed by atoms with van der Waals surface area (Å²) in [6.45, 7) is 5.05. The first kappa shape index (κ1) is 20.1. The summed E-state index contributed by atoms with van der Waals surface area (Å²) in [6.07, 6.45) is 0. The van der Waals surface area contributed by atoms with Gasteiger partial charge >= 0.3 is 0 Å². The molecule has 1 fully saturated rings. The van der Waals surface area contributed by atoms with Gasteiger partial charge < -0.3 is 19.7 Å². The third kappa shape index (κ3) is 3.69. The number of aryl methyl sites for hydroxylation is 1. The number of aromatic hydroxyl groups is 1. The molecule has 1 aliphatic rings. The summed E-state index contributed by atoms with van der Waals surface area (Å²) >= 11 is 7.96. The molecule has 1 saturated heterocycles. The SMILES string of the molecule is Cc1nc(C(=O)c2c(O)[nH]c3cc(Cl)c(-c4ccc(N5CCOCC5)cc4)cc23)cs1. The van der Waals surface area contributed by atoms with Gasteiger partial charge in [-0.05, 0) is 36.8 Å². The van der Waals surface area contributed by atoms with Crippen LogP contribution in [0.1, 0.15) is 21.1 Å². The molecule has 8 heteroatoms. The largest absolute Gasteiger partial charge is 0.494 e. The number of fused-ring (bicyclic) bond motifs is 1. The molecule has 158 valence electrons. The summed E-state index contributed by atoms with van der Waals surface area (Å²) in [5, 5.41) is 14.1. The van der Waals surface area contributed by atoms with Crippen LogP contribution in [0.15, 0.2) is 41.8 Å². The summed E-state index contributed by atoms with van der Waals surface area (Å²) in [6, 6.07) is 11.8. The van der Waals surface area contributed by atoms with Crippen molar-refractivity contribution in [1.82, 2.24) is 9.97 Å². The number of hydrogen-bond donors (Lipinski definition) is 2. The number of H-pyrrole nitrogens is 1. The van der Waals surface area contributed by atoms with Gasteiger partial charge in [-0.3, -0.25) is 4.79 Å². The smallest absolute Gasteiger partial charge is 0.218 e. The Bertz CT molecular complexity index is 1270. The van der Waals surface area contributed by atoms with E-state index in [2.05, 4.69) is 27.0 Å². The number of nitrogens with zero attached hydrogens (tertiary/aromatic N) is 2. The van der Waals surface area contributed by atoms with E-state index in [-0.39, 0.29) is 17.2 Å². The molecule has 2 aromatic carbocycles. The van der Waals surface area contributed by atoms with Crippen molar-refractivity contribution in [2.24, 2.45) is 0 Å². The van der Waals surface area contributed by atoms with Crippen LogP contribution in [0, 0.1) is 6.92 Å². The van der Waals surface area contributed by atoms with E-state index in [1.807, 2.05) is 25.1 Å². The first-order chi connectivity index (χ1) is 15.0. The lowest BCUT2D eigenvalue weighted by atomic mass is 10.00. The Hall–Kier alpha value is -2.87. The van der Waals surface area contributed by atoms with E-state index in [0.29, 0.717) is 21.6 Å². The number of benzene rings is 2. The van der Waals surface area contributed by atoms with Crippen molar-refractivity contribution in [3.05, 3.63) is 63.1 Å². The minimum atomic E-state index is -0.316. The lowest BCUT2D eigenvalue weighted by molar-refractivity contribution is 0.103. The third-order valence-corrected chi connectivity index (χ3v) is 6.59. The van der Waals surface area contributed by atoms with Gasteiger partial charge in [0.25, 0.3) is 0 Å². The van der Waals surface area contributed by atoms with Gasteiger partial charge in [0.05, 0.1) is 34.3 Å². The summed E-state index contributed by atoms with van der Waals surface area (Å²) in [5.41, 5.74) is 4.01. The normalized spacial score (nSPS) is 14.3. The van der Waals surface area contributed by atoms with E-state index in [9.17, 15) is 9.90 Å². The molecule has 0 radical (unpaired) electrons. The van der Waals surface area contributed by atoms with E-state index in [0.717, 1.165) is 48.1 Å². The molecule has 5 rings (SSSR count). The number of aromatic amines is 1. The number of ether oxygens (including phenoxy) is 1. The van der Waals surface area contributed by atoms with Gasteiger partial charge in [-0.15, -0.1) is 11.3 Å². The van der Waals surface area contributed by atoms with Gasteiger partial charge in [0.2, 0.25) is 11.7 Å². The predicted molar refractivity (Wildman–Crippen MR) is 124 cm³/mol. The standard InChI is InChI=1S/C23H20ClN3O3S/c1-13-25-20(12-31-13)22(28)21-17-10-16(18(24)11-19(17)26-23(21)29)14-2-4-15(5-3-14)27-6-8-30-9-7-27/h2-5,10-12,26,29H,6-9H2,1H3. The molecule has 2 aromatic heterocycles. The maximum Gasteiger partial charge on any atom is 0.218 e. The van der Waals surface area contributed by atoms with Crippen LogP contribution < -0.4 is 4.90 Å². The molecule has 6 nitrogen and oxygen atoms in total. The third-order valence-electron chi connectivity index (χ3n) is 5.50. The minimum Gasteiger partial charge on any atom is -0.494 e. The van der Waals surface area contributed by atoms with Crippen LogP contribution in [0.5, 0.6) is 5.88 Å². The number of thiazole rings is 1. The van der Waals surface area contributed by atoms with E-state index < -0.39 is 0 Å². The Kier molecular flexibility index (Phi) is 5.17. The van der Waals surface area contributed by atoms with E-state index in [1.165, 1.54) is 11.3 Å². The molecule has 1 aliphatic heterocycles. The molecule has 0 bridgehead atoms. The van der Waals surface area contributed by atoms with Gasteiger partial charge in [0.15, 0.2) is 0 Å². The minimum absolute atomic E-state index is 0.179. The number of rotatable bonds is 4. The molecular formula is C23H20ClN3O3S. The van der Waals surface area contributed by atoms with Crippen LogP contribution in [-0.4, -0.2) is 47.2 Å². The molecule has 0 atom stereocenters. The Labute approximate surface area is 188 Å². The van der Waals surface area contributed by atoms with Crippen molar-refractivity contribution in [2.45, 2.75) is 6.92 Å². The molecule has 0 aliphatic carbocycles.